The molecule has 1 aromatic carbocycles. The number of rotatable bonds is 6. The summed E-state index contributed by atoms with van der Waals surface area (Å²) in [6.45, 7) is 7.77. The number of pyridine rings is 1. The number of hydrogen-bond acceptors (Lipinski definition) is 5. The molecule has 5 rings (SSSR count). The van der Waals surface area contributed by atoms with Crippen molar-refractivity contribution in [2.45, 2.75) is 38.3 Å². The van der Waals surface area contributed by atoms with E-state index in [0.717, 1.165) is 42.6 Å². The van der Waals surface area contributed by atoms with Crippen LogP contribution in [0.25, 0.3) is 10.9 Å². The molecule has 3 aliphatic heterocycles. The third-order valence-electron chi connectivity index (χ3n) is 6.49. The second-order valence-electron chi connectivity index (χ2n) is 7.95. The number of nitrogens with zero attached hydrogens (tertiary/aromatic N) is 2. The molecule has 148 valence electrons. The zero-order valence-electron chi connectivity index (χ0n) is 16.6. The topological polar surface area (TPSA) is 62.7 Å². The molecule has 0 spiro atoms. The van der Waals surface area contributed by atoms with Gasteiger partial charge in [0.05, 0.1) is 18.7 Å². The largest absolute Gasteiger partial charge is 0.497 e. The Hall–Kier alpha value is -2.24. The number of carbonyl (C=O) groups is 1. The van der Waals surface area contributed by atoms with Crippen molar-refractivity contribution >= 4 is 16.7 Å². The van der Waals surface area contributed by atoms with Gasteiger partial charge in [-0.3, -0.25) is 9.69 Å². The molecule has 28 heavy (non-hydrogen) atoms. The van der Waals surface area contributed by atoms with Gasteiger partial charge in [-0.2, -0.15) is 0 Å². The minimum Gasteiger partial charge on any atom is -0.497 e. The predicted octanol–water partition coefficient (Wildman–Crippen LogP) is 3.77. The molecule has 1 N–H and O–H groups in total. The number of fused-ring (bicyclic) bond motifs is 4. The predicted molar refractivity (Wildman–Crippen MR) is 110 cm³/mol. The second-order valence-corrected chi connectivity index (χ2v) is 7.95. The Labute approximate surface area is 166 Å². The van der Waals surface area contributed by atoms with Crippen molar-refractivity contribution in [3.63, 3.8) is 0 Å². The van der Waals surface area contributed by atoms with E-state index >= 15 is 0 Å². The van der Waals surface area contributed by atoms with Crippen molar-refractivity contribution in [2.75, 3.05) is 20.2 Å². The number of ether oxygens (including phenoxy) is 1. The average molecular weight is 380 g/mol. The molecule has 5 heteroatoms. The maximum absolute atomic E-state index is 12.4. The van der Waals surface area contributed by atoms with Gasteiger partial charge in [-0.15, -0.1) is 6.58 Å². The monoisotopic (exact) mass is 380 g/mol. The standard InChI is InChI=1S/C23H28N2O3/c1-4-14-13-25-9-8-15(14)10-21(25)23(27)18-12-20(22(26)5-2)24-19-7-6-16(28-3)11-17(18)19/h4,6-7,11-12,14-15,21,23,27H,1,5,8-10,13H2,2-3H3/t14-,15-,21+,23-/m0/s1. The van der Waals surface area contributed by atoms with Crippen LogP contribution in [0.2, 0.25) is 0 Å². The molecule has 1 aromatic heterocycles. The minimum absolute atomic E-state index is 0.0108. The fraction of sp³-hybridized carbons (Fsp3) is 0.478. The fourth-order valence-corrected chi connectivity index (χ4v) is 4.84. The molecule has 0 amide bonds. The first-order valence-electron chi connectivity index (χ1n) is 10.1. The van der Waals surface area contributed by atoms with E-state index in [4.69, 9.17) is 4.74 Å². The second kappa shape index (κ2) is 7.64. The van der Waals surface area contributed by atoms with E-state index in [2.05, 4.69) is 22.5 Å². The van der Waals surface area contributed by atoms with Gasteiger partial charge in [0.25, 0.3) is 0 Å². The van der Waals surface area contributed by atoms with E-state index < -0.39 is 6.10 Å². The van der Waals surface area contributed by atoms with E-state index in [1.807, 2.05) is 25.1 Å². The van der Waals surface area contributed by atoms with Crippen LogP contribution in [0.3, 0.4) is 0 Å². The first-order chi connectivity index (χ1) is 13.5. The average Bonchev–Trinajstić information content (AvgIpc) is 2.76. The Balaban J connectivity index is 1.77. The molecule has 1 unspecified atom stereocenters. The quantitative estimate of drug-likeness (QED) is 0.611. The Morgan fingerprint density at radius 1 is 1.46 bits per heavy atom. The fourth-order valence-electron chi connectivity index (χ4n) is 4.84. The Morgan fingerprint density at radius 2 is 2.29 bits per heavy atom. The Bertz CT molecular complexity index is 910. The van der Waals surface area contributed by atoms with Crippen molar-refractivity contribution in [3.05, 3.63) is 48.2 Å². The van der Waals surface area contributed by atoms with Crippen LogP contribution in [0.15, 0.2) is 36.9 Å². The van der Waals surface area contributed by atoms with Crippen molar-refractivity contribution in [1.82, 2.24) is 9.88 Å². The number of aromatic nitrogens is 1. The maximum Gasteiger partial charge on any atom is 0.180 e. The van der Waals surface area contributed by atoms with Crippen LogP contribution in [-0.4, -0.2) is 47.0 Å². The van der Waals surface area contributed by atoms with Crippen LogP contribution in [-0.2, 0) is 0 Å². The number of hydrogen-bond donors (Lipinski definition) is 1. The van der Waals surface area contributed by atoms with Gasteiger partial charge in [0.1, 0.15) is 11.4 Å². The number of carbonyl (C=O) groups excluding carboxylic acids is 1. The summed E-state index contributed by atoms with van der Waals surface area (Å²) >= 11 is 0. The molecule has 3 saturated heterocycles. The summed E-state index contributed by atoms with van der Waals surface area (Å²) in [6.07, 6.45) is 3.88. The number of Topliss-reactive ketones (excluding diaryl/α,β-unsaturated/α-hetero) is 1. The highest BCUT2D eigenvalue weighted by Crippen LogP contribution is 2.42. The maximum atomic E-state index is 12.4. The van der Waals surface area contributed by atoms with Gasteiger partial charge in [0, 0.05) is 24.4 Å². The summed E-state index contributed by atoms with van der Waals surface area (Å²) in [5.41, 5.74) is 1.91. The molecule has 2 bridgehead atoms. The summed E-state index contributed by atoms with van der Waals surface area (Å²) in [4.78, 5) is 19.3. The molecular formula is C23H28N2O3. The lowest BCUT2D eigenvalue weighted by Gasteiger charge is -2.50. The van der Waals surface area contributed by atoms with Gasteiger partial charge in [0.15, 0.2) is 5.78 Å². The minimum atomic E-state index is -0.672. The highest BCUT2D eigenvalue weighted by molar-refractivity contribution is 5.97. The SMILES string of the molecule is C=C[C@H]1CN2CC[C@H]1C[C@@H]2[C@@H](O)c1cc(C(=O)CC)nc2ccc(OC)cc12. The smallest absolute Gasteiger partial charge is 0.180 e. The van der Waals surface area contributed by atoms with Crippen LogP contribution in [0.1, 0.15) is 48.3 Å². The van der Waals surface area contributed by atoms with Gasteiger partial charge in [0.2, 0.25) is 0 Å². The zero-order chi connectivity index (χ0) is 19.8. The zero-order valence-corrected chi connectivity index (χ0v) is 16.6. The Kier molecular flexibility index (Phi) is 5.21. The van der Waals surface area contributed by atoms with Gasteiger partial charge in [-0.25, -0.2) is 4.98 Å². The van der Waals surface area contributed by atoms with Crippen LogP contribution < -0.4 is 4.74 Å². The molecule has 2 aromatic rings. The van der Waals surface area contributed by atoms with Crippen LogP contribution >= 0.6 is 0 Å². The molecular weight excluding hydrogens is 352 g/mol. The molecule has 0 saturated carbocycles. The lowest BCUT2D eigenvalue weighted by molar-refractivity contribution is -0.0445. The van der Waals surface area contributed by atoms with E-state index in [1.54, 1.807) is 13.2 Å². The van der Waals surface area contributed by atoms with Crippen LogP contribution in [0.4, 0.5) is 0 Å². The summed E-state index contributed by atoms with van der Waals surface area (Å²) in [6, 6.07) is 7.44. The third-order valence-corrected chi connectivity index (χ3v) is 6.49. The first-order valence-corrected chi connectivity index (χ1v) is 10.1. The molecule has 3 aliphatic rings. The van der Waals surface area contributed by atoms with Crippen molar-refractivity contribution in [3.8, 4) is 5.75 Å². The molecule has 4 heterocycles. The van der Waals surface area contributed by atoms with Gasteiger partial charge in [-0.1, -0.05) is 13.0 Å². The van der Waals surface area contributed by atoms with E-state index in [1.165, 1.54) is 0 Å². The van der Waals surface area contributed by atoms with Gasteiger partial charge in [-0.05, 0) is 61.1 Å². The molecule has 5 nitrogen and oxygen atoms in total. The molecule has 0 aliphatic carbocycles. The molecule has 5 atom stereocenters. The van der Waals surface area contributed by atoms with Crippen LogP contribution in [0.5, 0.6) is 5.75 Å². The number of methoxy groups -OCH3 is 1. The van der Waals surface area contributed by atoms with Crippen molar-refractivity contribution < 1.29 is 14.6 Å². The first kappa shape index (κ1) is 19.1. The highest BCUT2D eigenvalue weighted by atomic mass is 16.5. The molecule has 3 fully saturated rings. The van der Waals surface area contributed by atoms with Crippen LogP contribution in [0, 0.1) is 11.8 Å². The van der Waals surface area contributed by atoms with E-state index in [0.29, 0.717) is 29.5 Å². The number of aliphatic hydroxyl groups excluding tert-OH is 1. The van der Waals surface area contributed by atoms with E-state index in [-0.39, 0.29) is 11.8 Å². The number of benzene rings is 1. The summed E-state index contributed by atoms with van der Waals surface area (Å²) in [7, 11) is 1.63. The summed E-state index contributed by atoms with van der Waals surface area (Å²) < 4.78 is 5.38. The normalized spacial score (nSPS) is 27.5. The number of ketones is 1. The number of piperidine rings is 3. The van der Waals surface area contributed by atoms with Gasteiger partial charge < -0.3 is 9.84 Å². The summed E-state index contributed by atoms with van der Waals surface area (Å²) in [5, 5.41) is 12.3. The summed E-state index contributed by atoms with van der Waals surface area (Å²) in [5.74, 6) is 1.78. The van der Waals surface area contributed by atoms with Crippen molar-refractivity contribution in [2.24, 2.45) is 11.8 Å². The highest BCUT2D eigenvalue weighted by Gasteiger charge is 2.42. The van der Waals surface area contributed by atoms with E-state index in [9.17, 15) is 9.90 Å². The third kappa shape index (κ3) is 3.23. The number of aliphatic hydroxyl groups is 1. The van der Waals surface area contributed by atoms with Gasteiger partial charge >= 0.3 is 0 Å². The lowest BCUT2D eigenvalue weighted by Crippen LogP contribution is -2.54. The van der Waals surface area contributed by atoms with Crippen molar-refractivity contribution in [1.29, 1.82) is 0 Å². The lowest BCUT2D eigenvalue weighted by atomic mass is 9.73. The Morgan fingerprint density at radius 3 is 2.93 bits per heavy atom. The molecule has 0 radical (unpaired) electrons.